The monoisotopic (exact) mass is 930 g/mol. The molecule has 0 radical (unpaired) electrons. The topological polar surface area (TPSA) is 16.3 Å². The standard InChI is InChI=1S/C63H42F4N4/c1-63(2)53-37-45(68(61-29-21-39(64)33-55(61)66)43-25-31-59-51(35-43)49-17-9-11-19-57(49)70(59)41-13-5-3-6-14-41)23-27-47(53)48-28-24-46(38-54(48)63)69(62-30-22-40(65)34-56(62)67)44-26-32-60-52(36-44)50-18-10-12-20-58(50)71(60)42-15-7-4-8-16-42/h3-38H,1-2H3. The molecule has 1 aliphatic rings. The number of benzene rings is 10. The van der Waals surface area contributed by atoms with Gasteiger partial charge in [0.2, 0.25) is 0 Å². The average Bonchev–Trinajstić information content (AvgIpc) is 3.98. The Morgan fingerprint density at radius 3 is 1.13 bits per heavy atom. The fraction of sp³-hybridized carbons (Fsp3) is 0.0476. The molecule has 1 aliphatic carbocycles. The molecule has 0 saturated heterocycles. The fourth-order valence-electron chi connectivity index (χ4n) is 11.1. The van der Waals surface area contributed by atoms with Gasteiger partial charge in [-0.2, -0.15) is 0 Å². The van der Waals surface area contributed by atoms with Crippen LogP contribution in [0.3, 0.4) is 0 Å². The molecular weight excluding hydrogens is 889 g/mol. The number of halogens is 4. The van der Waals surface area contributed by atoms with Crippen LogP contribution in [0, 0.1) is 23.3 Å². The molecule has 10 aromatic carbocycles. The Hall–Kier alpha value is -8.88. The molecule has 2 heterocycles. The number of nitrogens with zero attached hydrogens (tertiary/aromatic N) is 4. The zero-order valence-electron chi connectivity index (χ0n) is 38.6. The molecule has 12 aromatic rings. The first-order valence-electron chi connectivity index (χ1n) is 23.6. The largest absolute Gasteiger partial charge is 0.309 e. The second-order valence-corrected chi connectivity index (χ2v) is 18.7. The zero-order valence-corrected chi connectivity index (χ0v) is 38.6. The Balaban J connectivity index is 0.948. The highest BCUT2D eigenvalue weighted by Crippen LogP contribution is 2.53. The van der Waals surface area contributed by atoms with Crippen molar-refractivity contribution in [3.8, 4) is 22.5 Å². The lowest BCUT2D eigenvalue weighted by molar-refractivity contribution is 0.583. The van der Waals surface area contributed by atoms with E-state index in [9.17, 15) is 8.78 Å². The maximum atomic E-state index is 16.3. The molecule has 2 aromatic heterocycles. The van der Waals surface area contributed by atoms with Crippen LogP contribution in [0.15, 0.2) is 218 Å². The van der Waals surface area contributed by atoms with E-state index in [2.05, 4.69) is 120 Å². The number of hydrogen-bond donors (Lipinski definition) is 0. The smallest absolute Gasteiger partial charge is 0.150 e. The van der Waals surface area contributed by atoms with Gasteiger partial charge in [-0.15, -0.1) is 0 Å². The Bertz CT molecular complexity index is 3840. The summed E-state index contributed by atoms with van der Waals surface area (Å²) in [5.41, 5.74) is 12.8. The zero-order chi connectivity index (χ0) is 48.1. The lowest BCUT2D eigenvalue weighted by atomic mass is 9.82. The number of aromatic nitrogens is 2. The molecule has 71 heavy (non-hydrogen) atoms. The summed E-state index contributed by atoms with van der Waals surface area (Å²) in [6, 6.07) is 68.9. The predicted octanol–water partition coefficient (Wildman–Crippen LogP) is 17.7. The summed E-state index contributed by atoms with van der Waals surface area (Å²) in [4.78, 5) is 3.72. The highest BCUT2D eigenvalue weighted by atomic mass is 19.1. The van der Waals surface area contributed by atoms with Gasteiger partial charge in [-0.05, 0) is 144 Å². The molecule has 0 aliphatic heterocycles. The molecule has 0 saturated carbocycles. The SMILES string of the molecule is CC1(C)c2cc(N(c3ccc4c(c3)c3ccccc3n4-c3ccccc3)c3ccc(F)cc3F)ccc2-c2ccc(N(c3ccc4c(c3)c3ccccc3n4-c3ccccc3)c3ccc(F)cc3F)cc21. The van der Waals surface area contributed by atoms with Gasteiger partial charge < -0.3 is 18.9 Å². The molecule has 0 bridgehead atoms. The lowest BCUT2D eigenvalue weighted by Gasteiger charge is -2.29. The van der Waals surface area contributed by atoms with Crippen LogP contribution in [-0.2, 0) is 5.41 Å². The lowest BCUT2D eigenvalue weighted by Crippen LogP contribution is -2.18. The van der Waals surface area contributed by atoms with Crippen LogP contribution >= 0.6 is 0 Å². The van der Waals surface area contributed by atoms with Crippen LogP contribution in [-0.4, -0.2) is 9.13 Å². The van der Waals surface area contributed by atoms with E-state index in [0.717, 1.165) is 89.4 Å². The molecule has 4 nitrogen and oxygen atoms in total. The van der Waals surface area contributed by atoms with E-state index in [1.807, 2.05) is 94.7 Å². The summed E-state index contributed by atoms with van der Waals surface area (Å²) in [6.45, 7) is 4.32. The Morgan fingerprint density at radius 1 is 0.338 bits per heavy atom. The summed E-state index contributed by atoms with van der Waals surface area (Å²) in [7, 11) is 0. The first-order chi connectivity index (χ1) is 34.6. The molecule has 13 rings (SSSR count). The summed E-state index contributed by atoms with van der Waals surface area (Å²) in [6.07, 6.45) is 0. The predicted molar refractivity (Wildman–Crippen MR) is 282 cm³/mol. The second kappa shape index (κ2) is 16.1. The van der Waals surface area contributed by atoms with Crippen molar-refractivity contribution in [2.75, 3.05) is 9.80 Å². The third-order valence-corrected chi connectivity index (χ3v) is 14.3. The second-order valence-electron chi connectivity index (χ2n) is 18.7. The van der Waals surface area contributed by atoms with Crippen molar-refractivity contribution >= 4 is 77.7 Å². The molecule has 0 fully saturated rings. The molecule has 0 spiro atoms. The van der Waals surface area contributed by atoms with Crippen LogP contribution in [0.5, 0.6) is 0 Å². The molecular formula is C63H42F4N4. The molecule has 0 N–H and O–H groups in total. The first kappa shape index (κ1) is 42.2. The Labute approximate surface area is 407 Å². The Morgan fingerprint density at radius 2 is 0.704 bits per heavy atom. The highest BCUT2D eigenvalue weighted by Gasteiger charge is 2.37. The summed E-state index contributed by atoms with van der Waals surface area (Å²) in [5, 5.41) is 4.06. The van der Waals surface area contributed by atoms with Crippen molar-refractivity contribution in [1.29, 1.82) is 0 Å². The van der Waals surface area contributed by atoms with Gasteiger partial charge >= 0.3 is 0 Å². The number of rotatable bonds is 8. The van der Waals surface area contributed by atoms with E-state index >= 15 is 8.78 Å². The van der Waals surface area contributed by atoms with E-state index in [4.69, 9.17) is 0 Å². The quantitative estimate of drug-likeness (QED) is 0.141. The molecule has 342 valence electrons. The van der Waals surface area contributed by atoms with Gasteiger partial charge in [-0.1, -0.05) is 98.8 Å². The summed E-state index contributed by atoms with van der Waals surface area (Å²) >= 11 is 0. The third-order valence-electron chi connectivity index (χ3n) is 14.3. The molecule has 8 heteroatoms. The number of anilines is 6. The van der Waals surface area contributed by atoms with Crippen LogP contribution in [0.2, 0.25) is 0 Å². The Kier molecular flexibility index (Phi) is 9.58. The van der Waals surface area contributed by atoms with E-state index in [1.165, 1.54) is 24.3 Å². The highest BCUT2D eigenvalue weighted by molar-refractivity contribution is 6.12. The normalized spacial score (nSPS) is 12.8. The van der Waals surface area contributed by atoms with Gasteiger partial charge in [-0.25, -0.2) is 17.6 Å². The van der Waals surface area contributed by atoms with Crippen molar-refractivity contribution in [2.24, 2.45) is 0 Å². The van der Waals surface area contributed by atoms with Crippen molar-refractivity contribution in [3.63, 3.8) is 0 Å². The molecule has 0 amide bonds. The molecule has 0 unspecified atom stereocenters. The van der Waals surface area contributed by atoms with Gasteiger partial charge in [0, 0.05) is 73.2 Å². The molecule has 0 atom stereocenters. The number of fused-ring (bicyclic) bond motifs is 9. The van der Waals surface area contributed by atoms with Gasteiger partial charge in [-0.3, -0.25) is 0 Å². The van der Waals surface area contributed by atoms with Crippen LogP contribution in [0.25, 0.3) is 66.1 Å². The van der Waals surface area contributed by atoms with Gasteiger partial charge in [0.1, 0.15) is 23.3 Å². The summed E-state index contributed by atoms with van der Waals surface area (Å²) in [5.74, 6) is -2.72. The van der Waals surface area contributed by atoms with Crippen molar-refractivity contribution in [2.45, 2.75) is 19.3 Å². The van der Waals surface area contributed by atoms with Gasteiger partial charge in [0.15, 0.2) is 0 Å². The van der Waals surface area contributed by atoms with E-state index in [1.54, 1.807) is 0 Å². The maximum Gasteiger partial charge on any atom is 0.150 e. The van der Waals surface area contributed by atoms with Crippen LogP contribution in [0.1, 0.15) is 25.0 Å². The minimum Gasteiger partial charge on any atom is -0.309 e. The van der Waals surface area contributed by atoms with Crippen LogP contribution in [0.4, 0.5) is 51.7 Å². The minimum atomic E-state index is -0.694. The van der Waals surface area contributed by atoms with Crippen molar-refractivity contribution in [1.82, 2.24) is 9.13 Å². The van der Waals surface area contributed by atoms with E-state index in [0.29, 0.717) is 22.7 Å². The minimum absolute atomic E-state index is 0.203. The fourth-order valence-corrected chi connectivity index (χ4v) is 11.1. The van der Waals surface area contributed by atoms with Crippen LogP contribution < -0.4 is 9.80 Å². The maximum absolute atomic E-state index is 16.3. The number of para-hydroxylation sites is 4. The van der Waals surface area contributed by atoms with Crippen molar-refractivity contribution in [3.05, 3.63) is 253 Å². The summed E-state index contributed by atoms with van der Waals surface area (Å²) < 4.78 is 66.2. The first-order valence-corrected chi connectivity index (χ1v) is 23.6. The van der Waals surface area contributed by atoms with Gasteiger partial charge in [0.05, 0.1) is 33.4 Å². The van der Waals surface area contributed by atoms with Crippen molar-refractivity contribution < 1.29 is 17.6 Å². The van der Waals surface area contributed by atoms with E-state index < -0.39 is 28.7 Å². The third kappa shape index (κ3) is 6.66. The number of hydrogen-bond acceptors (Lipinski definition) is 2. The van der Waals surface area contributed by atoms with E-state index in [-0.39, 0.29) is 11.4 Å². The average molecular weight is 931 g/mol. The van der Waals surface area contributed by atoms with Gasteiger partial charge in [0.25, 0.3) is 0 Å².